The van der Waals surface area contributed by atoms with E-state index in [9.17, 15) is 19.7 Å². The van der Waals surface area contributed by atoms with E-state index in [1.807, 2.05) is 67.6 Å². The number of phenols is 1. The van der Waals surface area contributed by atoms with Gasteiger partial charge in [0.15, 0.2) is 0 Å². The zero-order valence-corrected chi connectivity index (χ0v) is 25.0. The SMILES string of the molecule is CCCN1C(=O)[C@@H]2[C@@H](CC(COc3ccccc3)=C3[C@@H](CC/C(=C/c4cccc(O)c4)c4ccccc4)OB(O)C[C@@H]32)C1=O. The maximum absolute atomic E-state index is 13.7. The number of hydrogen-bond donors (Lipinski definition) is 2. The zero-order chi connectivity index (χ0) is 30.6. The lowest BCUT2D eigenvalue weighted by molar-refractivity contribution is -0.140. The molecular formula is C36H38BNO6. The van der Waals surface area contributed by atoms with Gasteiger partial charge in [-0.15, -0.1) is 0 Å². The van der Waals surface area contributed by atoms with Crippen LogP contribution in [0.3, 0.4) is 0 Å². The van der Waals surface area contributed by atoms with Gasteiger partial charge >= 0.3 is 7.12 Å². The van der Waals surface area contributed by atoms with Crippen molar-refractivity contribution in [2.45, 2.75) is 45.0 Å². The molecule has 3 aliphatic rings. The smallest absolute Gasteiger partial charge is 0.455 e. The molecule has 0 radical (unpaired) electrons. The number of rotatable bonds is 10. The van der Waals surface area contributed by atoms with Gasteiger partial charge in [0, 0.05) is 6.54 Å². The monoisotopic (exact) mass is 591 g/mol. The van der Waals surface area contributed by atoms with Crippen LogP contribution in [-0.2, 0) is 14.2 Å². The number of amides is 2. The third-order valence-electron chi connectivity index (χ3n) is 9.03. The molecule has 0 aromatic heterocycles. The Balaban J connectivity index is 1.35. The van der Waals surface area contributed by atoms with E-state index >= 15 is 0 Å². The van der Waals surface area contributed by atoms with Crippen LogP contribution in [0.2, 0.25) is 6.32 Å². The molecule has 0 saturated carbocycles. The van der Waals surface area contributed by atoms with Gasteiger partial charge in [-0.3, -0.25) is 14.5 Å². The third kappa shape index (κ3) is 6.23. The summed E-state index contributed by atoms with van der Waals surface area (Å²) in [6, 6.07) is 26.8. The van der Waals surface area contributed by atoms with E-state index in [0.29, 0.717) is 32.2 Å². The summed E-state index contributed by atoms with van der Waals surface area (Å²) in [5.74, 6) is -0.564. The van der Waals surface area contributed by atoms with Crippen LogP contribution >= 0.6 is 0 Å². The van der Waals surface area contributed by atoms with Crippen molar-refractivity contribution >= 4 is 30.6 Å². The summed E-state index contributed by atoms with van der Waals surface area (Å²) in [7, 11) is -1.04. The fourth-order valence-corrected chi connectivity index (χ4v) is 7.15. The highest BCUT2D eigenvalue weighted by Gasteiger charge is 2.57. The number of allylic oxidation sites excluding steroid dienone is 1. The van der Waals surface area contributed by atoms with Crippen molar-refractivity contribution in [1.82, 2.24) is 4.90 Å². The molecule has 226 valence electrons. The van der Waals surface area contributed by atoms with E-state index in [1.54, 1.807) is 12.1 Å². The van der Waals surface area contributed by atoms with Crippen LogP contribution in [0.4, 0.5) is 0 Å². The largest absolute Gasteiger partial charge is 0.508 e. The first-order chi connectivity index (χ1) is 21.4. The Bertz CT molecular complexity index is 1560. The zero-order valence-electron chi connectivity index (χ0n) is 25.0. The third-order valence-corrected chi connectivity index (χ3v) is 9.03. The summed E-state index contributed by atoms with van der Waals surface area (Å²) < 4.78 is 12.5. The van der Waals surface area contributed by atoms with Gasteiger partial charge in [0.2, 0.25) is 11.8 Å². The van der Waals surface area contributed by atoms with Crippen molar-refractivity contribution < 1.29 is 29.1 Å². The van der Waals surface area contributed by atoms with Gasteiger partial charge in [-0.1, -0.05) is 73.7 Å². The van der Waals surface area contributed by atoms with Crippen LogP contribution in [0.15, 0.2) is 96.1 Å². The molecule has 2 fully saturated rings. The van der Waals surface area contributed by atoms with Gasteiger partial charge in [-0.2, -0.15) is 0 Å². The first-order valence-electron chi connectivity index (χ1n) is 15.6. The van der Waals surface area contributed by atoms with Crippen LogP contribution in [0, 0.1) is 17.8 Å². The Morgan fingerprint density at radius 3 is 2.48 bits per heavy atom. The summed E-state index contributed by atoms with van der Waals surface area (Å²) >= 11 is 0. The first-order valence-corrected chi connectivity index (χ1v) is 15.6. The maximum atomic E-state index is 13.7. The number of benzene rings is 3. The van der Waals surface area contributed by atoms with Crippen molar-refractivity contribution in [3.8, 4) is 11.5 Å². The Morgan fingerprint density at radius 1 is 1.00 bits per heavy atom. The number of ether oxygens (including phenoxy) is 1. The Kier molecular flexibility index (Phi) is 9.00. The van der Waals surface area contributed by atoms with Gasteiger partial charge < -0.3 is 19.5 Å². The standard InChI is InChI=1S/C36H38BNO6/c1-2-18-38-35(40)30-21-27(23-43-29-14-7-4-8-15-29)33-31(34(30)36(38)41)22-37(42)44-32(33)17-16-26(25-11-5-3-6-12-25)19-24-10-9-13-28(39)20-24/h3-15,19-20,30-32,34,39,42H,2,16-18,21-23H2,1H3/b26-19-/t30-,31+,32-,34-/m1/s1. The van der Waals surface area contributed by atoms with Gasteiger partial charge in [0.1, 0.15) is 18.1 Å². The average Bonchev–Trinajstić information content (AvgIpc) is 3.27. The van der Waals surface area contributed by atoms with E-state index in [1.165, 1.54) is 4.90 Å². The Morgan fingerprint density at radius 2 is 1.75 bits per heavy atom. The Labute approximate surface area is 259 Å². The van der Waals surface area contributed by atoms with Crippen molar-refractivity contribution in [3.05, 3.63) is 107 Å². The molecule has 2 aliphatic heterocycles. The van der Waals surface area contributed by atoms with Crippen LogP contribution in [0.25, 0.3) is 11.6 Å². The lowest BCUT2D eigenvalue weighted by Gasteiger charge is -2.43. The minimum atomic E-state index is -1.04. The molecule has 8 heteroatoms. The predicted molar refractivity (Wildman–Crippen MR) is 170 cm³/mol. The van der Waals surface area contributed by atoms with Crippen LogP contribution < -0.4 is 4.74 Å². The first kappa shape index (κ1) is 29.9. The second-order valence-corrected chi connectivity index (χ2v) is 11.9. The van der Waals surface area contributed by atoms with E-state index in [0.717, 1.165) is 33.6 Å². The molecule has 2 N–H and O–H groups in total. The second-order valence-electron chi connectivity index (χ2n) is 11.9. The Hall–Kier alpha value is -4.14. The molecule has 2 saturated heterocycles. The molecule has 4 atom stereocenters. The summed E-state index contributed by atoms with van der Waals surface area (Å²) in [6.07, 6.45) is 4.23. The summed E-state index contributed by atoms with van der Waals surface area (Å²) in [5, 5.41) is 21.0. The maximum Gasteiger partial charge on any atom is 0.455 e. The van der Waals surface area contributed by atoms with Gasteiger partial charge in [-0.05, 0) is 90.0 Å². The molecule has 2 amide bonds. The number of imide groups is 1. The van der Waals surface area contributed by atoms with Gasteiger partial charge in [0.05, 0.1) is 17.9 Å². The number of hydrogen-bond acceptors (Lipinski definition) is 6. The fourth-order valence-electron chi connectivity index (χ4n) is 7.15. The van der Waals surface area contributed by atoms with E-state index < -0.39 is 25.1 Å². The molecule has 2 heterocycles. The lowest BCUT2D eigenvalue weighted by Crippen LogP contribution is -2.46. The number of para-hydroxylation sites is 1. The van der Waals surface area contributed by atoms with Gasteiger partial charge in [0.25, 0.3) is 0 Å². The van der Waals surface area contributed by atoms with Crippen molar-refractivity contribution in [2.75, 3.05) is 13.2 Å². The topological polar surface area (TPSA) is 96.3 Å². The van der Waals surface area contributed by atoms with Crippen LogP contribution in [-0.4, -0.2) is 53.2 Å². The number of aromatic hydroxyl groups is 1. The fraction of sp³-hybridized carbons (Fsp3) is 0.333. The minimum Gasteiger partial charge on any atom is -0.508 e. The molecule has 3 aromatic carbocycles. The van der Waals surface area contributed by atoms with Crippen molar-refractivity contribution in [3.63, 3.8) is 0 Å². The number of fused-ring (bicyclic) bond motifs is 3. The normalized spacial score (nSPS) is 23.5. The number of carbonyl (C=O) groups is 2. The lowest BCUT2D eigenvalue weighted by atomic mass is 9.58. The van der Waals surface area contributed by atoms with Gasteiger partial charge in [-0.25, -0.2) is 0 Å². The average molecular weight is 592 g/mol. The van der Waals surface area contributed by atoms with E-state index in [2.05, 4.69) is 18.2 Å². The predicted octanol–water partition coefficient (Wildman–Crippen LogP) is 6.00. The second kappa shape index (κ2) is 13.2. The summed E-state index contributed by atoms with van der Waals surface area (Å²) in [5.41, 5.74) is 4.98. The summed E-state index contributed by atoms with van der Waals surface area (Å²) in [6.45, 7) is 2.66. The highest BCUT2D eigenvalue weighted by Crippen LogP contribution is 2.51. The number of carbonyl (C=O) groups excluding carboxylic acids is 2. The quantitative estimate of drug-likeness (QED) is 0.130. The molecule has 1 aliphatic carbocycles. The van der Waals surface area contributed by atoms with Crippen molar-refractivity contribution in [2.24, 2.45) is 17.8 Å². The van der Waals surface area contributed by atoms with Crippen molar-refractivity contribution in [1.29, 1.82) is 0 Å². The molecule has 44 heavy (non-hydrogen) atoms. The molecule has 0 unspecified atom stereocenters. The molecule has 3 aromatic rings. The number of nitrogens with zero attached hydrogens (tertiary/aromatic N) is 1. The minimum absolute atomic E-state index is 0.115. The van der Waals surface area contributed by atoms with E-state index in [4.69, 9.17) is 9.39 Å². The molecule has 0 spiro atoms. The molecule has 6 rings (SSSR count). The number of likely N-dealkylation sites (tertiary alicyclic amines) is 1. The summed E-state index contributed by atoms with van der Waals surface area (Å²) in [4.78, 5) is 28.6. The number of phenolic OH excluding ortho intramolecular Hbond substituents is 1. The molecular weight excluding hydrogens is 553 g/mol. The molecule has 0 bridgehead atoms. The van der Waals surface area contributed by atoms with Crippen LogP contribution in [0.5, 0.6) is 11.5 Å². The highest BCUT2D eigenvalue weighted by molar-refractivity contribution is 6.43. The highest BCUT2D eigenvalue weighted by atomic mass is 16.5. The van der Waals surface area contributed by atoms with E-state index in [-0.39, 0.29) is 36.4 Å². The molecule has 7 nitrogen and oxygen atoms in total. The van der Waals surface area contributed by atoms with Crippen LogP contribution in [0.1, 0.15) is 43.7 Å².